The highest BCUT2D eigenvalue weighted by atomic mass is 15.3. The van der Waals surface area contributed by atoms with E-state index >= 15 is 0 Å². The van der Waals surface area contributed by atoms with Gasteiger partial charge in [-0.25, -0.2) is 0 Å². The summed E-state index contributed by atoms with van der Waals surface area (Å²) in [5.41, 5.74) is 8.51. The van der Waals surface area contributed by atoms with E-state index in [4.69, 9.17) is 0 Å². The molecule has 0 amide bonds. The van der Waals surface area contributed by atoms with E-state index in [1.54, 1.807) is 0 Å². The molecule has 2 atom stereocenters. The lowest BCUT2D eigenvalue weighted by Crippen LogP contribution is -2.54. The predicted molar refractivity (Wildman–Crippen MR) is 221 cm³/mol. The van der Waals surface area contributed by atoms with Gasteiger partial charge in [0.25, 0.3) is 0 Å². The molecule has 11 rings (SSSR count). The van der Waals surface area contributed by atoms with Crippen LogP contribution in [0.2, 0.25) is 0 Å². The van der Waals surface area contributed by atoms with Crippen LogP contribution in [0.3, 0.4) is 0 Å². The van der Waals surface area contributed by atoms with Gasteiger partial charge < -0.3 is 4.90 Å². The molecule has 51 heavy (non-hydrogen) atoms. The van der Waals surface area contributed by atoms with Crippen LogP contribution in [0.4, 0.5) is 11.4 Å². The largest absolute Gasteiger partial charge is 0.334 e. The number of fused-ring (bicyclic) bond motifs is 9. The first-order chi connectivity index (χ1) is 24.7. The van der Waals surface area contributed by atoms with Gasteiger partial charge in [-0.3, -0.25) is 0 Å². The molecular weight excluding hydrogens is 615 g/mol. The maximum Gasteiger partial charge on any atom is 0.0517 e. The highest BCUT2D eigenvalue weighted by Gasteiger charge is 2.57. The fourth-order valence-electron chi connectivity index (χ4n) is 10.8. The second-order valence-electron chi connectivity index (χ2n) is 17.2. The van der Waals surface area contributed by atoms with Gasteiger partial charge in [0, 0.05) is 16.8 Å². The van der Waals surface area contributed by atoms with Crippen LogP contribution >= 0.6 is 0 Å². The molecule has 1 aliphatic carbocycles. The van der Waals surface area contributed by atoms with Crippen molar-refractivity contribution >= 4 is 76.0 Å². The minimum atomic E-state index is 0.0302. The van der Waals surface area contributed by atoms with E-state index in [0.29, 0.717) is 0 Å². The zero-order chi connectivity index (χ0) is 34.4. The summed E-state index contributed by atoms with van der Waals surface area (Å²) in [6.07, 6.45) is 4.99. The summed E-state index contributed by atoms with van der Waals surface area (Å²) >= 11 is 0. The molecule has 0 bridgehead atoms. The van der Waals surface area contributed by atoms with E-state index in [1.165, 1.54) is 124 Å². The zero-order valence-corrected chi connectivity index (χ0v) is 30.3. The predicted octanol–water partition coefficient (Wildman–Crippen LogP) is 14.2. The second kappa shape index (κ2) is 9.80. The fourth-order valence-corrected chi connectivity index (χ4v) is 10.8. The van der Waals surface area contributed by atoms with Crippen LogP contribution in [0.15, 0.2) is 121 Å². The van der Waals surface area contributed by atoms with Crippen molar-refractivity contribution in [3.05, 3.63) is 132 Å². The first-order valence-electron chi connectivity index (χ1n) is 19.0. The first kappa shape index (κ1) is 29.6. The molecule has 0 aromatic heterocycles. The SMILES string of the molecule is CC(C)(C)c1ccc(N2c3ccc(-c4ccc5c6cc7c(cc6c6cccc4c65)c4cccc5cccc7c54)cc3C3(C)CCCCC23C)cc1. The number of nitrogens with zero attached hydrogens (tertiary/aromatic N) is 1. The average Bonchev–Trinajstić information content (AvgIpc) is 3.70. The van der Waals surface area contributed by atoms with Gasteiger partial charge in [-0.05, 0) is 148 Å². The molecule has 0 spiro atoms. The number of anilines is 2. The van der Waals surface area contributed by atoms with Gasteiger partial charge >= 0.3 is 0 Å². The highest BCUT2D eigenvalue weighted by Crippen LogP contribution is 2.61. The van der Waals surface area contributed by atoms with Crippen LogP contribution in [0, 0.1) is 0 Å². The van der Waals surface area contributed by atoms with Gasteiger partial charge in [0.15, 0.2) is 0 Å². The van der Waals surface area contributed by atoms with Crippen LogP contribution < -0.4 is 4.90 Å². The molecule has 1 aliphatic heterocycles. The molecule has 1 nitrogen and oxygen atoms in total. The van der Waals surface area contributed by atoms with Gasteiger partial charge in [0.1, 0.15) is 0 Å². The maximum absolute atomic E-state index is 2.71. The van der Waals surface area contributed by atoms with Crippen molar-refractivity contribution in [2.75, 3.05) is 4.90 Å². The Morgan fingerprint density at radius 1 is 0.529 bits per heavy atom. The molecule has 1 heterocycles. The number of benzene rings is 7. The second-order valence-corrected chi connectivity index (χ2v) is 17.2. The maximum atomic E-state index is 2.71. The Labute approximate surface area is 300 Å². The van der Waals surface area contributed by atoms with E-state index in [0.717, 1.165) is 0 Å². The smallest absolute Gasteiger partial charge is 0.0517 e. The van der Waals surface area contributed by atoms with E-state index in [1.807, 2.05) is 0 Å². The quantitative estimate of drug-likeness (QED) is 0.179. The van der Waals surface area contributed by atoms with Crippen LogP contribution in [0.5, 0.6) is 0 Å². The summed E-state index contributed by atoms with van der Waals surface area (Å²) in [5, 5.41) is 16.4. The molecule has 9 aromatic carbocycles. The molecule has 2 aliphatic rings. The Bertz CT molecular complexity index is 2790. The van der Waals surface area contributed by atoms with Crippen molar-refractivity contribution in [3.8, 4) is 11.1 Å². The van der Waals surface area contributed by atoms with Gasteiger partial charge in [0.2, 0.25) is 0 Å². The van der Waals surface area contributed by atoms with Crippen molar-refractivity contribution in [1.82, 2.24) is 0 Å². The summed E-state index contributed by atoms with van der Waals surface area (Å²) in [6, 6.07) is 47.1. The Balaban J connectivity index is 1.11. The average molecular weight is 658 g/mol. The van der Waals surface area contributed by atoms with Crippen molar-refractivity contribution < 1.29 is 0 Å². The lowest BCUT2D eigenvalue weighted by Gasteiger charge is -2.50. The lowest BCUT2D eigenvalue weighted by atomic mass is 9.61. The molecule has 1 saturated carbocycles. The third kappa shape index (κ3) is 3.72. The zero-order valence-electron chi connectivity index (χ0n) is 30.3. The van der Waals surface area contributed by atoms with Crippen molar-refractivity contribution in [3.63, 3.8) is 0 Å². The molecule has 9 aromatic rings. The first-order valence-corrected chi connectivity index (χ1v) is 19.0. The molecule has 1 heteroatoms. The normalized spacial score (nSPS) is 20.8. The van der Waals surface area contributed by atoms with Crippen molar-refractivity contribution in [2.24, 2.45) is 0 Å². The summed E-state index contributed by atoms with van der Waals surface area (Å²) in [5.74, 6) is 0. The molecule has 0 saturated heterocycles. The number of hydrogen-bond donors (Lipinski definition) is 0. The minimum Gasteiger partial charge on any atom is -0.334 e. The number of rotatable bonds is 2. The minimum absolute atomic E-state index is 0.0302. The summed E-state index contributed by atoms with van der Waals surface area (Å²) in [7, 11) is 0. The summed E-state index contributed by atoms with van der Waals surface area (Å²) < 4.78 is 0. The monoisotopic (exact) mass is 657 g/mol. The third-order valence-electron chi connectivity index (χ3n) is 13.7. The molecular formula is C50H43N. The van der Waals surface area contributed by atoms with Crippen LogP contribution in [-0.2, 0) is 10.8 Å². The van der Waals surface area contributed by atoms with Crippen LogP contribution in [0.25, 0.3) is 75.8 Å². The molecule has 0 N–H and O–H groups in total. The van der Waals surface area contributed by atoms with Crippen molar-refractivity contribution in [2.45, 2.75) is 76.7 Å². The van der Waals surface area contributed by atoms with Gasteiger partial charge in [-0.2, -0.15) is 0 Å². The van der Waals surface area contributed by atoms with E-state index in [2.05, 4.69) is 161 Å². The van der Waals surface area contributed by atoms with E-state index in [-0.39, 0.29) is 16.4 Å². The Hall–Kier alpha value is -5.14. The van der Waals surface area contributed by atoms with Gasteiger partial charge in [0.05, 0.1) is 5.54 Å². The Morgan fingerprint density at radius 2 is 1.12 bits per heavy atom. The van der Waals surface area contributed by atoms with E-state index < -0.39 is 0 Å². The third-order valence-corrected chi connectivity index (χ3v) is 13.7. The fraction of sp³-hybridized carbons (Fsp3) is 0.240. The molecule has 2 unspecified atom stereocenters. The van der Waals surface area contributed by atoms with Crippen LogP contribution in [0.1, 0.15) is 71.4 Å². The number of hydrogen-bond acceptors (Lipinski definition) is 1. The summed E-state index contributed by atoms with van der Waals surface area (Å²) in [6.45, 7) is 12.0. The molecule has 248 valence electrons. The van der Waals surface area contributed by atoms with Gasteiger partial charge in [-0.1, -0.05) is 125 Å². The molecule has 0 radical (unpaired) electrons. The topological polar surface area (TPSA) is 3.24 Å². The Kier molecular flexibility index (Phi) is 5.68. The van der Waals surface area contributed by atoms with E-state index in [9.17, 15) is 0 Å². The summed E-state index contributed by atoms with van der Waals surface area (Å²) in [4.78, 5) is 2.71. The lowest BCUT2D eigenvalue weighted by molar-refractivity contribution is 0.195. The van der Waals surface area contributed by atoms with Crippen molar-refractivity contribution in [1.29, 1.82) is 0 Å². The highest BCUT2D eigenvalue weighted by molar-refractivity contribution is 6.38. The standard InChI is InChI=1S/C50H43N/c1-48(2,3)32-18-20-33(21-19-32)51-45-24-17-31(27-44(45)49(4)25-6-7-26-50(49,51)5)34-22-23-39-43-29-41-37-14-9-12-30-11-8-13-36(46(30)37)40(41)28-42(43)38-16-10-15-35(34)47(38)39/h8-24,27-29H,6-7,25-26H2,1-5H3. The Morgan fingerprint density at radius 3 is 1.78 bits per heavy atom. The van der Waals surface area contributed by atoms with Crippen LogP contribution in [-0.4, -0.2) is 5.54 Å². The van der Waals surface area contributed by atoms with Gasteiger partial charge in [-0.15, -0.1) is 0 Å². The molecule has 1 fully saturated rings.